The topological polar surface area (TPSA) is 37.3 Å². The van der Waals surface area contributed by atoms with E-state index in [1.54, 1.807) is 0 Å². The summed E-state index contributed by atoms with van der Waals surface area (Å²) in [6.07, 6.45) is 0.844. The van der Waals surface area contributed by atoms with Gasteiger partial charge in [-0.05, 0) is 11.8 Å². The number of ketones is 1. The fraction of sp³-hybridized carbons (Fsp3) is 0.889. The maximum Gasteiger partial charge on any atom is 0.136 e. The van der Waals surface area contributed by atoms with Crippen molar-refractivity contribution in [2.24, 2.45) is 11.3 Å². The molecule has 2 atom stereocenters. The molecule has 2 unspecified atom stereocenters. The van der Waals surface area contributed by atoms with Crippen molar-refractivity contribution in [3.05, 3.63) is 0 Å². The quantitative estimate of drug-likeness (QED) is 0.575. The second-order valence-electron chi connectivity index (χ2n) is 4.28. The first-order chi connectivity index (χ1) is 4.93. The molecule has 64 valence electrons. The highest BCUT2D eigenvalue weighted by Crippen LogP contribution is 2.35. The minimum Gasteiger partial charge on any atom is -0.393 e. The zero-order chi connectivity index (χ0) is 8.65. The number of aliphatic hydroxyl groups is 1. The lowest BCUT2D eigenvalue weighted by Gasteiger charge is -2.36. The molecule has 11 heavy (non-hydrogen) atoms. The zero-order valence-corrected chi connectivity index (χ0v) is 7.42. The Morgan fingerprint density at radius 2 is 2.09 bits per heavy atom. The predicted octanol–water partition coefficient (Wildman–Crippen LogP) is 1.37. The number of rotatable bonds is 0. The first-order valence-electron chi connectivity index (χ1n) is 4.14. The molecule has 0 aromatic rings. The Labute approximate surface area is 67.6 Å². The van der Waals surface area contributed by atoms with E-state index >= 15 is 0 Å². The average molecular weight is 156 g/mol. The van der Waals surface area contributed by atoms with Crippen LogP contribution in [0.25, 0.3) is 0 Å². The predicted molar refractivity (Wildman–Crippen MR) is 43.2 cm³/mol. The number of hydrogen-bond acceptors (Lipinski definition) is 2. The Morgan fingerprint density at radius 1 is 1.55 bits per heavy atom. The van der Waals surface area contributed by atoms with E-state index in [1.165, 1.54) is 0 Å². The lowest BCUT2D eigenvalue weighted by Crippen LogP contribution is -2.40. The minimum absolute atomic E-state index is 0.0537. The highest BCUT2D eigenvalue weighted by atomic mass is 16.3. The van der Waals surface area contributed by atoms with E-state index in [4.69, 9.17) is 0 Å². The highest BCUT2D eigenvalue weighted by Gasteiger charge is 2.38. The van der Waals surface area contributed by atoms with Gasteiger partial charge in [-0.1, -0.05) is 20.8 Å². The van der Waals surface area contributed by atoms with Gasteiger partial charge in [-0.2, -0.15) is 0 Å². The number of carbonyl (C=O) groups is 1. The maximum atomic E-state index is 11.2. The van der Waals surface area contributed by atoms with Crippen LogP contribution in [0.15, 0.2) is 0 Å². The van der Waals surface area contributed by atoms with Crippen LogP contribution in [0, 0.1) is 11.3 Å². The van der Waals surface area contributed by atoms with Crippen molar-refractivity contribution >= 4 is 5.78 Å². The summed E-state index contributed by atoms with van der Waals surface area (Å²) in [5, 5.41) is 9.57. The normalized spacial score (nSPS) is 37.3. The van der Waals surface area contributed by atoms with Crippen molar-refractivity contribution in [3.8, 4) is 0 Å². The maximum absolute atomic E-state index is 11.2. The molecular formula is C9H16O2. The Bertz CT molecular complexity index is 172. The molecule has 0 aliphatic heterocycles. The summed E-state index contributed by atoms with van der Waals surface area (Å²) in [6.45, 7) is 5.78. The van der Waals surface area contributed by atoms with Gasteiger partial charge < -0.3 is 5.11 Å². The van der Waals surface area contributed by atoms with Gasteiger partial charge in [0.05, 0.1) is 6.10 Å². The van der Waals surface area contributed by atoms with E-state index in [0.29, 0.717) is 18.6 Å². The molecule has 0 saturated heterocycles. The lowest BCUT2D eigenvalue weighted by atomic mass is 9.71. The van der Waals surface area contributed by atoms with Crippen LogP contribution in [0.3, 0.4) is 0 Å². The molecule has 0 radical (unpaired) electrons. The Balaban J connectivity index is 2.70. The van der Waals surface area contributed by atoms with Gasteiger partial charge in [0.15, 0.2) is 0 Å². The van der Waals surface area contributed by atoms with Crippen LogP contribution >= 0.6 is 0 Å². The van der Waals surface area contributed by atoms with Gasteiger partial charge in [-0.15, -0.1) is 0 Å². The fourth-order valence-electron chi connectivity index (χ4n) is 1.53. The second-order valence-corrected chi connectivity index (χ2v) is 4.28. The zero-order valence-electron chi connectivity index (χ0n) is 7.42. The van der Waals surface area contributed by atoms with Crippen molar-refractivity contribution in [3.63, 3.8) is 0 Å². The Kier molecular flexibility index (Phi) is 2.06. The lowest BCUT2D eigenvalue weighted by molar-refractivity contribution is -0.133. The number of aliphatic hydroxyl groups excluding tert-OH is 1. The molecule has 0 heterocycles. The summed E-state index contributed by atoms with van der Waals surface area (Å²) in [5.74, 6) is 0.346. The van der Waals surface area contributed by atoms with E-state index in [-0.39, 0.29) is 17.4 Å². The van der Waals surface area contributed by atoms with E-state index in [9.17, 15) is 9.90 Å². The van der Waals surface area contributed by atoms with Crippen molar-refractivity contribution in [1.29, 1.82) is 0 Å². The first-order valence-corrected chi connectivity index (χ1v) is 4.14. The SMILES string of the molecule is CC1CC(O)C(C)(C)CC1=O. The molecule has 1 rings (SSSR count). The highest BCUT2D eigenvalue weighted by molar-refractivity contribution is 5.82. The van der Waals surface area contributed by atoms with E-state index in [2.05, 4.69) is 0 Å². The third kappa shape index (κ3) is 1.62. The second kappa shape index (κ2) is 2.59. The number of Topliss-reactive ketones (excluding diaryl/α,β-unsaturated/α-hetero) is 1. The van der Waals surface area contributed by atoms with Crippen LogP contribution in [0.4, 0.5) is 0 Å². The first kappa shape index (κ1) is 8.72. The summed E-state index contributed by atoms with van der Waals surface area (Å²) < 4.78 is 0. The largest absolute Gasteiger partial charge is 0.393 e. The van der Waals surface area contributed by atoms with Crippen LogP contribution in [-0.4, -0.2) is 17.0 Å². The van der Waals surface area contributed by atoms with Gasteiger partial charge in [-0.3, -0.25) is 4.79 Å². The molecule has 1 aliphatic rings. The summed E-state index contributed by atoms with van der Waals surface area (Å²) in [7, 11) is 0. The van der Waals surface area contributed by atoms with Crippen molar-refractivity contribution < 1.29 is 9.90 Å². The number of carbonyl (C=O) groups excluding carboxylic acids is 1. The molecule has 1 saturated carbocycles. The van der Waals surface area contributed by atoms with Gasteiger partial charge in [-0.25, -0.2) is 0 Å². The molecule has 1 N–H and O–H groups in total. The van der Waals surface area contributed by atoms with Crippen LogP contribution in [0.2, 0.25) is 0 Å². The third-order valence-corrected chi connectivity index (χ3v) is 2.66. The van der Waals surface area contributed by atoms with Gasteiger partial charge in [0, 0.05) is 12.3 Å². The molecule has 1 fully saturated rings. The average Bonchev–Trinajstić information content (AvgIpc) is 1.83. The standard InChI is InChI=1S/C9H16O2/c1-6-4-8(11)9(2,3)5-7(6)10/h6,8,11H,4-5H2,1-3H3. The molecule has 0 aromatic heterocycles. The molecule has 1 aliphatic carbocycles. The molecule has 2 heteroatoms. The van der Waals surface area contributed by atoms with Crippen molar-refractivity contribution in [2.45, 2.75) is 39.7 Å². The summed E-state index contributed by atoms with van der Waals surface area (Å²) >= 11 is 0. The van der Waals surface area contributed by atoms with E-state index in [1.807, 2.05) is 20.8 Å². The summed E-state index contributed by atoms with van der Waals surface area (Å²) in [4.78, 5) is 11.2. The van der Waals surface area contributed by atoms with Crippen molar-refractivity contribution in [2.75, 3.05) is 0 Å². The monoisotopic (exact) mass is 156 g/mol. The van der Waals surface area contributed by atoms with Gasteiger partial charge >= 0.3 is 0 Å². The van der Waals surface area contributed by atoms with Gasteiger partial charge in [0.1, 0.15) is 5.78 Å². The smallest absolute Gasteiger partial charge is 0.136 e. The summed E-state index contributed by atoms with van der Waals surface area (Å²) in [5.41, 5.74) is -0.205. The minimum atomic E-state index is -0.310. The summed E-state index contributed by atoms with van der Waals surface area (Å²) in [6, 6.07) is 0. The molecular weight excluding hydrogens is 140 g/mol. The van der Waals surface area contributed by atoms with E-state index < -0.39 is 0 Å². The van der Waals surface area contributed by atoms with Crippen LogP contribution < -0.4 is 0 Å². The number of hydrogen-bond donors (Lipinski definition) is 1. The van der Waals surface area contributed by atoms with Gasteiger partial charge in [0.25, 0.3) is 0 Å². The van der Waals surface area contributed by atoms with Crippen LogP contribution in [0.1, 0.15) is 33.6 Å². The fourth-order valence-corrected chi connectivity index (χ4v) is 1.53. The molecule has 0 bridgehead atoms. The Morgan fingerprint density at radius 3 is 2.55 bits per heavy atom. The Hall–Kier alpha value is -0.370. The van der Waals surface area contributed by atoms with Gasteiger partial charge in [0.2, 0.25) is 0 Å². The van der Waals surface area contributed by atoms with Crippen molar-refractivity contribution in [1.82, 2.24) is 0 Å². The molecule has 0 amide bonds. The van der Waals surface area contributed by atoms with Crippen LogP contribution in [-0.2, 0) is 4.79 Å². The molecule has 0 spiro atoms. The van der Waals surface area contributed by atoms with E-state index in [0.717, 1.165) is 0 Å². The third-order valence-electron chi connectivity index (χ3n) is 2.66. The molecule has 2 nitrogen and oxygen atoms in total. The van der Waals surface area contributed by atoms with Crippen LogP contribution in [0.5, 0.6) is 0 Å². The molecule has 0 aromatic carbocycles.